The van der Waals surface area contributed by atoms with E-state index < -0.39 is 0 Å². The molecule has 0 bridgehead atoms. The van der Waals surface area contributed by atoms with Crippen molar-refractivity contribution >= 4 is 34.1 Å². The Morgan fingerprint density at radius 2 is 0.609 bits per heavy atom. The Morgan fingerprint density at radius 3 is 1.01 bits per heavy atom. The molecule has 0 saturated heterocycles. The first-order valence-electron chi connectivity index (χ1n) is 24.4. The molecule has 0 atom stereocenters. The highest BCUT2D eigenvalue weighted by Gasteiger charge is 2.25. The van der Waals surface area contributed by atoms with Gasteiger partial charge in [0.1, 0.15) is 0 Å². The van der Waals surface area contributed by atoms with Gasteiger partial charge in [-0.15, -0.1) is 0 Å². The maximum Gasteiger partial charge on any atom is 0.0496 e. The Hall–Kier alpha value is -8.20. The molecule has 1 aliphatic carbocycles. The van der Waals surface area contributed by atoms with Gasteiger partial charge in [0.2, 0.25) is 0 Å². The molecule has 0 heterocycles. The van der Waals surface area contributed by atoms with Gasteiger partial charge in [0.25, 0.3) is 0 Å². The topological polar surface area (TPSA) is 6.48 Å². The first-order chi connectivity index (χ1) is 33.9. The lowest BCUT2D eigenvalue weighted by atomic mass is 9.83. The Morgan fingerprint density at radius 1 is 0.275 bits per heavy atom. The summed E-state index contributed by atoms with van der Waals surface area (Å²) in [5.74, 6) is 0. The summed E-state index contributed by atoms with van der Waals surface area (Å²) in [7, 11) is 0. The van der Waals surface area contributed by atoms with Crippen LogP contribution in [0.25, 0.3) is 55.6 Å². The lowest BCUT2D eigenvalue weighted by Gasteiger charge is -2.32. The van der Waals surface area contributed by atoms with Crippen molar-refractivity contribution in [2.45, 2.75) is 46.5 Å². The summed E-state index contributed by atoms with van der Waals surface area (Å²) >= 11 is 0. The Kier molecular flexibility index (Phi) is 12.1. The third-order valence-electron chi connectivity index (χ3n) is 14.0. The van der Waals surface area contributed by atoms with Gasteiger partial charge >= 0.3 is 0 Å². The van der Waals surface area contributed by atoms with Gasteiger partial charge in [-0.25, -0.2) is 0 Å². The summed E-state index contributed by atoms with van der Waals surface area (Å²) in [5.41, 5.74) is 26.0. The summed E-state index contributed by atoms with van der Waals surface area (Å²) in [6, 6.07) is 87.1. The van der Waals surface area contributed by atoms with Crippen molar-refractivity contribution in [2.75, 3.05) is 9.80 Å². The number of fused-ring (bicyclic) bond motifs is 1. The monoisotopic (exact) mass is 888 g/mol. The van der Waals surface area contributed by atoms with Gasteiger partial charge in [-0.3, -0.25) is 0 Å². The van der Waals surface area contributed by atoms with Gasteiger partial charge < -0.3 is 9.80 Å². The maximum absolute atomic E-state index is 2.49. The standard InChI is InChI=1S/C67H56N2/c1-47-18-22-52(23-19-47)56-28-36-59(37-29-56)68(58-34-26-54(27-35-58)50-12-6-4-7-13-50)62-42-43-63(49(3)46-62)65-44-45-67(66-17-11-10-16-64(65)66)69(60-38-30-55(31-39-60)51-14-8-5-9-15-51)61-40-32-57(33-41-61)53-24-20-48(2)21-25-53/h4-9,12-15,18-46H,10-11,16-17H2,1-3H3. The molecule has 0 spiro atoms. The third-order valence-corrected chi connectivity index (χ3v) is 14.0. The van der Waals surface area contributed by atoms with Crippen LogP contribution >= 0.6 is 0 Å². The lowest BCUT2D eigenvalue weighted by Crippen LogP contribution is -2.16. The zero-order valence-corrected chi connectivity index (χ0v) is 39.7. The average molecular weight is 889 g/mol. The average Bonchev–Trinajstić information content (AvgIpc) is 3.41. The largest absolute Gasteiger partial charge is 0.310 e. The molecule has 0 amide bonds. The van der Waals surface area contributed by atoms with Gasteiger partial charge in [-0.2, -0.15) is 0 Å². The molecule has 334 valence electrons. The molecular weight excluding hydrogens is 833 g/mol. The fourth-order valence-corrected chi connectivity index (χ4v) is 10.2. The molecule has 10 aromatic rings. The maximum atomic E-state index is 2.49. The second kappa shape index (κ2) is 19.2. The molecule has 0 radical (unpaired) electrons. The zero-order valence-electron chi connectivity index (χ0n) is 39.7. The Labute approximate surface area is 408 Å². The number of hydrogen-bond donors (Lipinski definition) is 0. The molecule has 1 aliphatic rings. The van der Waals surface area contributed by atoms with E-state index in [1.54, 1.807) is 0 Å². The van der Waals surface area contributed by atoms with Crippen LogP contribution < -0.4 is 9.80 Å². The molecule has 0 unspecified atom stereocenters. The highest BCUT2D eigenvalue weighted by atomic mass is 15.1. The molecule has 69 heavy (non-hydrogen) atoms. The normalized spacial score (nSPS) is 12.0. The van der Waals surface area contributed by atoms with E-state index in [1.807, 2.05) is 0 Å². The van der Waals surface area contributed by atoms with Crippen molar-refractivity contribution in [3.63, 3.8) is 0 Å². The van der Waals surface area contributed by atoms with Crippen molar-refractivity contribution in [1.29, 1.82) is 0 Å². The van der Waals surface area contributed by atoms with Crippen LogP contribution in [0.15, 0.2) is 237 Å². The van der Waals surface area contributed by atoms with E-state index in [2.05, 4.69) is 267 Å². The quantitative estimate of drug-likeness (QED) is 0.128. The van der Waals surface area contributed by atoms with Crippen LogP contribution in [0.4, 0.5) is 34.1 Å². The number of anilines is 6. The van der Waals surface area contributed by atoms with E-state index in [0.29, 0.717) is 0 Å². The Bertz CT molecular complexity index is 3340. The second-order valence-electron chi connectivity index (χ2n) is 18.6. The number of aryl methyl sites for hydroxylation is 3. The van der Waals surface area contributed by atoms with Crippen LogP contribution in [0.3, 0.4) is 0 Å². The van der Waals surface area contributed by atoms with E-state index in [0.717, 1.165) is 41.3 Å². The molecule has 0 fully saturated rings. The van der Waals surface area contributed by atoms with Gasteiger partial charge in [-0.1, -0.05) is 181 Å². The van der Waals surface area contributed by atoms with Crippen LogP contribution in [0.1, 0.15) is 40.7 Å². The molecule has 0 aliphatic heterocycles. The van der Waals surface area contributed by atoms with Crippen molar-refractivity contribution in [3.8, 4) is 55.6 Å². The van der Waals surface area contributed by atoms with Gasteiger partial charge in [0.15, 0.2) is 0 Å². The predicted molar refractivity (Wildman–Crippen MR) is 294 cm³/mol. The first kappa shape index (κ1) is 43.4. The van der Waals surface area contributed by atoms with Gasteiger partial charge in [0, 0.05) is 34.1 Å². The molecule has 10 aromatic carbocycles. The number of rotatable bonds is 11. The van der Waals surface area contributed by atoms with E-state index in [-0.39, 0.29) is 0 Å². The number of benzene rings is 10. The third kappa shape index (κ3) is 9.02. The minimum atomic E-state index is 1.04. The number of nitrogens with zero attached hydrogens (tertiary/aromatic N) is 2. The summed E-state index contributed by atoms with van der Waals surface area (Å²) < 4.78 is 0. The summed E-state index contributed by atoms with van der Waals surface area (Å²) in [6.45, 7) is 6.57. The van der Waals surface area contributed by atoms with Gasteiger partial charge in [-0.05, 0) is 186 Å². The predicted octanol–water partition coefficient (Wildman–Crippen LogP) is 18.8. The van der Waals surface area contributed by atoms with Crippen molar-refractivity contribution in [1.82, 2.24) is 0 Å². The van der Waals surface area contributed by atoms with Crippen LogP contribution in [0.2, 0.25) is 0 Å². The molecule has 0 saturated carbocycles. The van der Waals surface area contributed by atoms with Crippen molar-refractivity contribution < 1.29 is 0 Å². The summed E-state index contributed by atoms with van der Waals surface area (Å²) in [4.78, 5) is 4.89. The fraction of sp³-hybridized carbons (Fsp3) is 0.104. The zero-order chi connectivity index (χ0) is 46.7. The highest BCUT2D eigenvalue weighted by molar-refractivity contribution is 5.87. The molecule has 11 rings (SSSR count). The van der Waals surface area contributed by atoms with Crippen molar-refractivity contribution in [3.05, 3.63) is 264 Å². The molecule has 0 aromatic heterocycles. The van der Waals surface area contributed by atoms with Crippen LogP contribution in [0, 0.1) is 20.8 Å². The van der Waals surface area contributed by atoms with E-state index in [9.17, 15) is 0 Å². The second-order valence-corrected chi connectivity index (χ2v) is 18.6. The van der Waals surface area contributed by atoms with E-state index in [1.165, 1.54) is 102 Å². The minimum Gasteiger partial charge on any atom is -0.310 e. The van der Waals surface area contributed by atoms with E-state index in [4.69, 9.17) is 0 Å². The van der Waals surface area contributed by atoms with Crippen molar-refractivity contribution in [2.24, 2.45) is 0 Å². The molecule has 2 nitrogen and oxygen atoms in total. The van der Waals surface area contributed by atoms with Gasteiger partial charge in [0.05, 0.1) is 0 Å². The Balaban J connectivity index is 0.978. The van der Waals surface area contributed by atoms with Crippen LogP contribution in [-0.4, -0.2) is 0 Å². The SMILES string of the molecule is Cc1ccc(-c2ccc(N(c3ccc(-c4ccccc4)cc3)c3ccc(-c4ccc(N(c5ccc(-c6ccccc6)cc5)c5ccc(-c6ccc(C)cc6)cc5)c5c4CCCC5)c(C)c3)cc2)cc1. The summed E-state index contributed by atoms with van der Waals surface area (Å²) in [5, 5.41) is 0. The highest BCUT2D eigenvalue weighted by Crippen LogP contribution is 2.46. The molecule has 0 N–H and O–H groups in total. The summed E-state index contributed by atoms with van der Waals surface area (Å²) in [6.07, 6.45) is 4.46. The van der Waals surface area contributed by atoms with E-state index >= 15 is 0 Å². The molecular formula is C67H56N2. The fourth-order valence-electron chi connectivity index (χ4n) is 10.2. The number of hydrogen-bond acceptors (Lipinski definition) is 2. The first-order valence-corrected chi connectivity index (χ1v) is 24.4. The molecule has 2 heteroatoms. The smallest absolute Gasteiger partial charge is 0.0496 e. The van der Waals surface area contributed by atoms with Crippen LogP contribution in [-0.2, 0) is 12.8 Å². The van der Waals surface area contributed by atoms with Crippen LogP contribution in [0.5, 0.6) is 0 Å². The lowest BCUT2D eigenvalue weighted by molar-refractivity contribution is 0.687. The minimum absolute atomic E-state index is 1.04.